The van der Waals surface area contributed by atoms with E-state index in [0.717, 1.165) is 11.0 Å². The van der Waals surface area contributed by atoms with Gasteiger partial charge in [-0.2, -0.15) is 5.10 Å². The summed E-state index contributed by atoms with van der Waals surface area (Å²) in [7, 11) is 0. The number of hydrogen-bond acceptors (Lipinski definition) is 3. The van der Waals surface area contributed by atoms with E-state index in [2.05, 4.69) is 15.1 Å². The molecular weight excluding hydrogens is 176 g/mol. The van der Waals surface area contributed by atoms with Crippen LogP contribution in [0.25, 0.3) is 16.8 Å². The van der Waals surface area contributed by atoms with Crippen molar-refractivity contribution < 1.29 is 0 Å². The normalized spacial score (nSPS) is 11.2. The molecule has 1 aromatic carbocycles. The van der Waals surface area contributed by atoms with Crippen molar-refractivity contribution in [2.24, 2.45) is 0 Å². The Kier molecular flexibility index (Phi) is 1.33. The van der Waals surface area contributed by atoms with Crippen molar-refractivity contribution in [3.05, 3.63) is 36.2 Å². The minimum absolute atomic E-state index is 0.640. The number of hydrogen-bond donors (Lipinski definition) is 0. The molecule has 0 aliphatic carbocycles. The SMILES string of the molecule is Cc1ccc2nc3nccn3nc2c1. The fourth-order valence-electron chi connectivity index (χ4n) is 1.48. The van der Waals surface area contributed by atoms with Crippen molar-refractivity contribution in [1.82, 2.24) is 19.6 Å². The maximum Gasteiger partial charge on any atom is 0.251 e. The molecule has 0 N–H and O–H groups in total. The summed E-state index contributed by atoms with van der Waals surface area (Å²) in [6, 6.07) is 6.00. The van der Waals surface area contributed by atoms with Crippen molar-refractivity contribution in [2.45, 2.75) is 6.92 Å². The van der Waals surface area contributed by atoms with Gasteiger partial charge in [0.25, 0.3) is 5.78 Å². The molecule has 0 saturated carbocycles. The molecule has 0 fully saturated rings. The van der Waals surface area contributed by atoms with Gasteiger partial charge in [0.05, 0.1) is 11.7 Å². The average Bonchev–Trinajstić information content (AvgIpc) is 2.61. The van der Waals surface area contributed by atoms with Gasteiger partial charge in [0.2, 0.25) is 0 Å². The summed E-state index contributed by atoms with van der Waals surface area (Å²) in [5, 5.41) is 4.39. The van der Waals surface area contributed by atoms with Gasteiger partial charge in [-0.25, -0.2) is 14.5 Å². The van der Waals surface area contributed by atoms with Gasteiger partial charge in [0.1, 0.15) is 5.52 Å². The lowest BCUT2D eigenvalue weighted by Crippen LogP contribution is -1.95. The van der Waals surface area contributed by atoms with E-state index in [1.165, 1.54) is 5.56 Å². The van der Waals surface area contributed by atoms with Gasteiger partial charge < -0.3 is 0 Å². The predicted octanol–water partition coefficient (Wildman–Crippen LogP) is 1.59. The summed E-state index contributed by atoms with van der Waals surface area (Å²) >= 11 is 0. The maximum atomic E-state index is 4.39. The fraction of sp³-hybridized carbons (Fsp3) is 0.100. The molecule has 3 rings (SSSR count). The van der Waals surface area contributed by atoms with Gasteiger partial charge in [-0.15, -0.1) is 0 Å². The van der Waals surface area contributed by atoms with Crippen molar-refractivity contribution in [2.75, 3.05) is 0 Å². The van der Waals surface area contributed by atoms with Crippen LogP contribution >= 0.6 is 0 Å². The lowest BCUT2D eigenvalue weighted by atomic mass is 10.2. The number of benzene rings is 1. The first-order valence-electron chi connectivity index (χ1n) is 4.41. The number of imidazole rings is 1. The van der Waals surface area contributed by atoms with Crippen LogP contribution in [0.3, 0.4) is 0 Å². The highest BCUT2D eigenvalue weighted by Gasteiger charge is 2.00. The van der Waals surface area contributed by atoms with Crippen LogP contribution in [-0.2, 0) is 0 Å². The molecule has 3 aromatic rings. The Morgan fingerprint density at radius 1 is 1.21 bits per heavy atom. The Hall–Kier alpha value is -1.97. The van der Waals surface area contributed by atoms with Crippen LogP contribution < -0.4 is 0 Å². The molecule has 4 heteroatoms. The standard InChI is InChI=1S/C10H8N4/c1-7-2-3-8-9(6-7)13-14-5-4-11-10(14)12-8/h2-6H,1H3. The van der Waals surface area contributed by atoms with Gasteiger partial charge in [-0.05, 0) is 24.6 Å². The van der Waals surface area contributed by atoms with Crippen LogP contribution in [0.5, 0.6) is 0 Å². The summed E-state index contributed by atoms with van der Waals surface area (Å²) < 4.78 is 1.68. The average molecular weight is 184 g/mol. The Balaban J connectivity index is 2.50. The third kappa shape index (κ3) is 0.970. The summed E-state index contributed by atoms with van der Waals surface area (Å²) in [5.41, 5.74) is 2.97. The van der Waals surface area contributed by atoms with Crippen molar-refractivity contribution in [3.63, 3.8) is 0 Å². The highest BCUT2D eigenvalue weighted by atomic mass is 15.3. The zero-order valence-electron chi connectivity index (χ0n) is 7.68. The molecule has 0 amide bonds. The fourth-order valence-corrected chi connectivity index (χ4v) is 1.48. The van der Waals surface area contributed by atoms with Gasteiger partial charge in [-0.3, -0.25) is 0 Å². The van der Waals surface area contributed by atoms with E-state index in [1.54, 1.807) is 16.9 Å². The first-order chi connectivity index (χ1) is 6.83. The molecule has 0 bridgehead atoms. The lowest BCUT2D eigenvalue weighted by Gasteiger charge is -1.98. The van der Waals surface area contributed by atoms with Gasteiger partial charge in [0, 0.05) is 6.20 Å². The molecule has 0 unspecified atom stereocenters. The quantitative estimate of drug-likeness (QED) is 0.532. The molecule has 2 aromatic heterocycles. The Labute approximate surface area is 80.2 Å². The van der Waals surface area contributed by atoms with Gasteiger partial charge >= 0.3 is 0 Å². The third-order valence-electron chi connectivity index (χ3n) is 2.17. The smallest absolute Gasteiger partial charge is 0.218 e. The minimum Gasteiger partial charge on any atom is -0.218 e. The molecule has 0 saturated heterocycles. The molecule has 0 aliphatic heterocycles. The molecule has 2 heterocycles. The van der Waals surface area contributed by atoms with Gasteiger partial charge in [-0.1, -0.05) is 6.07 Å². The summed E-state index contributed by atoms with van der Waals surface area (Å²) in [6.07, 6.45) is 3.49. The molecule has 68 valence electrons. The number of aryl methyl sites for hydroxylation is 1. The number of rotatable bonds is 0. The van der Waals surface area contributed by atoms with Gasteiger partial charge in [0.15, 0.2) is 0 Å². The Morgan fingerprint density at radius 3 is 3.07 bits per heavy atom. The Morgan fingerprint density at radius 2 is 2.14 bits per heavy atom. The van der Waals surface area contributed by atoms with E-state index >= 15 is 0 Å². The van der Waals surface area contributed by atoms with E-state index in [4.69, 9.17) is 0 Å². The molecule has 0 spiro atoms. The maximum absolute atomic E-state index is 4.39. The van der Waals surface area contributed by atoms with Crippen molar-refractivity contribution >= 4 is 16.8 Å². The van der Waals surface area contributed by atoms with Crippen LogP contribution in [0.4, 0.5) is 0 Å². The predicted molar refractivity (Wildman–Crippen MR) is 53.0 cm³/mol. The summed E-state index contributed by atoms with van der Waals surface area (Å²) in [4.78, 5) is 8.45. The topological polar surface area (TPSA) is 43.1 Å². The van der Waals surface area contributed by atoms with E-state index < -0.39 is 0 Å². The molecule has 0 radical (unpaired) electrons. The van der Waals surface area contributed by atoms with Crippen LogP contribution in [0, 0.1) is 6.92 Å². The van der Waals surface area contributed by atoms with Crippen LogP contribution in [-0.4, -0.2) is 19.6 Å². The zero-order valence-corrected chi connectivity index (χ0v) is 7.68. The second kappa shape index (κ2) is 2.51. The second-order valence-corrected chi connectivity index (χ2v) is 3.28. The minimum atomic E-state index is 0.640. The van der Waals surface area contributed by atoms with Crippen LogP contribution in [0.15, 0.2) is 30.6 Å². The number of fused-ring (bicyclic) bond motifs is 2. The number of aromatic nitrogens is 4. The molecule has 0 atom stereocenters. The van der Waals surface area contributed by atoms with Crippen molar-refractivity contribution in [3.8, 4) is 0 Å². The molecule has 4 nitrogen and oxygen atoms in total. The molecular formula is C10H8N4. The first-order valence-corrected chi connectivity index (χ1v) is 4.41. The van der Waals surface area contributed by atoms with Crippen LogP contribution in [0.2, 0.25) is 0 Å². The van der Waals surface area contributed by atoms with E-state index in [-0.39, 0.29) is 0 Å². The number of nitrogens with zero attached hydrogens (tertiary/aromatic N) is 4. The molecule has 14 heavy (non-hydrogen) atoms. The van der Waals surface area contributed by atoms with E-state index in [1.807, 2.05) is 25.1 Å². The zero-order chi connectivity index (χ0) is 9.54. The lowest BCUT2D eigenvalue weighted by molar-refractivity contribution is 0.941. The van der Waals surface area contributed by atoms with E-state index in [9.17, 15) is 0 Å². The summed E-state index contributed by atoms with van der Waals surface area (Å²) in [5.74, 6) is 0.640. The van der Waals surface area contributed by atoms with Crippen LogP contribution in [0.1, 0.15) is 5.56 Å². The highest BCUT2D eigenvalue weighted by molar-refractivity contribution is 5.75. The third-order valence-corrected chi connectivity index (χ3v) is 2.17. The Bertz CT molecular complexity index is 612. The largest absolute Gasteiger partial charge is 0.251 e. The van der Waals surface area contributed by atoms with Crippen molar-refractivity contribution in [1.29, 1.82) is 0 Å². The molecule has 0 aliphatic rings. The summed E-state index contributed by atoms with van der Waals surface area (Å²) in [6.45, 7) is 2.04. The first kappa shape index (κ1) is 7.44. The highest BCUT2D eigenvalue weighted by Crippen LogP contribution is 2.11. The van der Waals surface area contributed by atoms with E-state index in [0.29, 0.717) is 5.78 Å². The second-order valence-electron chi connectivity index (χ2n) is 3.28. The monoisotopic (exact) mass is 184 g/mol.